The molecule has 0 aromatic carbocycles. The zero-order valence-corrected chi connectivity index (χ0v) is 11.6. The van der Waals surface area contributed by atoms with Gasteiger partial charge in [0.2, 0.25) is 0 Å². The third-order valence-corrected chi connectivity index (χ3v) is 3.90. The van der Waals surface area contributed by atoms with Gasteiger partial charge in [-0.25, -0.2) is 0 Å². The van der Waals surface area contributed by atoms with E-state index in [9.17, 15) is 0 Å². The summed E-state index contributed by atoms with van der Waals surface area (Å²) in [5, 5.41) is 7.19. The predicted octanol–water partition coefficient (Wildman–Crippen LogP) is 2.71. The van der Waals surface area contributed by atoms with E-state index in [-0.39, 0.29) is 5.54 Å². The zero-order valence-electron chi connectivity index (χ0n) is 11.6. The summed E-state index contributed by atoms with van der Waals surface area (Å²) in [6.07, 6.45) is 4.89. The Morgan fingerprint density at radius 2 is 2.00 bits per heavy atom. The van der Waals surface area contributed by atoms with Crippen molar-refractivity contribution in [3.63, 3.8) is 0 Å². The molecule has 2 atom stereocenters. The second-order valence-electron chi connectivity index (χ2n) is 5.48. The summed E-state index contributed by atoms with van der Waals surface area (Å²) in [5.41, 5.74) is 1.77. The van der Waals surface area contributed by atoms with Gasteiger partial charge < -0.3 is 10.6 Å². The highest BCUT2D eigenvalue weighted by molar-refractivity contribution is 5.14. The van der Waals surface area contributed by atoms with Gasteiger partial charge in [-0.1, -0.05) is 25.5 Å². The first-order chi connectivity index (χ1) is 7.51. The summed E-state index contributed by atoms with van der Waals surface area (Å²) in [6, 6.07) is 0.585. The van der Waals surface area contributed by atoms with Crippen LogP contribution in [0.3, 0.4) is 0 Å². The molecule has 0 fully saturated rings. The van der Waals surface area contributed by atoms with Crippen molar-refractivity contribution in [1.29, 1.82) is 0 Å². The van der Waals surface area contributed by atoms with Crippen molar-refractivity contribution in [3.8, 4) is 0 Å². The highest BCUT2D eigenvalue weighted by atomic mass is 15.0. The minimum atomic E-state index is 0.250. The lowest BCUT2D eigenvalue weighted by molar-refractivity contribution is 0.221. The Bertz CT molecular complexity index is 243. The second-order valence-corrected chi connectivity index (χ2v) is 5.48. The first-order valence-corrected chi connectivity index (χ1v) is 6.66. The van der Waals surface area contributed by atoms with Gasteiger partial charge in [-0.3, -0.25) is 0 Å². The highest BCUT2D eigenvalue weighted by Gasteiger charge is 2.32. The van der Waals surface area contributed by atoms with Crippen LogP contribution in [0.1, 0.15) is 47.5 Å². The van der Waals surface area contributed by atoms with E-state index >= 15 is 0 Å². The topological polar surface area (TPSA) is 24.1 Å². The van der Waals surface area contributed by atoms with Crippen molar-refractivity contribution in [2.24, 2.45) is 5.92 Å². The lowest BCUT2D eigenvalue weighted by Gasteiger charge is -2.40. The van der Waals surface area contributed by atoms with E-state index in [4.69, 9.17) is 0 Å². The van der Waals surface area contributed by atoms with Crippen LogP contribution in [0.4, 0.5) is 0 Å². The molecule has 2 N–H and O–H groups in total. The molecule has 1 rings (SSSR count). The maximum Gasteiger partial charge on any atom is 0.0280 e. The van der Waals surface area contributed by atoms with Gasteiger partial charge in [-0.15, -0.1) is 0 Å². The second kappa shape index (κ2) is 5.83. The average Bonchev–Trinajstić information content (AvgIpc) is 2.21. The average molecular weight is 224 g/mol. The molecule has 1 aliphatic rings. The van der Waals surface area contributed by atoms with E-state index in [0.29, 0.717) is 6.04 Å². The number of hydrogen-bond acceptors (Lipinski definition) is 2. The van der Waals surface area contributed by atoms with Crippen molar-refractivity contribution < 1.29 is 0 Å². The molecule has 0 saturated carbocycles. The maximum atomic E-state index is 3.61. The summed E-state index contributed by atoms with van der Waals surface area (Å²) < 4.78 is 0. The third kappa shape index (κ3) is 3.33. The highest BCUT2D eigenvalue weighted by Crippen LogP contribution is 2.31. The van der Waals surface area contributed by atoms with E-state index in [1.165, 1.54) is 18.4 Å². The van der Waals surface area contributed by atoms with Crippen molar-refractivity contribution in [3.05, 3.63) is 11.6 Å². The van der Waals surface area contributed by atoms with Crippen LogP contribution < -0.4 is 10.6 Å². The minimum absolute atomic E-state index is 0.250. The molecule has 94 valence electrons. The summed E-state index contributed by atoms with van der Waals surface area (Å²) >= 11 is 0. The first-order valence-electron chi connectivity index (χ1n) is 6.66. The van der Waals surface area contributed by atoms with Crippen LogP contribution in [0, 0.1) is 5.92 Å². The van der Waals surface area contributed by atoms with Gasteiger partial charge in [0.05, 0.1) is 0 Å². The fraction of sp³-hybridized carbons (Fsp3) is 0.857. The van der Waals surface area contributed by atoms with Crippen molar-refractivity contribution in [2.45, 2.75) is 59.0 Å². The molecule has 2 heteroatoms. The summed E-state index contributed by atoms with van der Waals surface area (Å²) in [7, 11) is 0. The fourth-order valence-electron chi connectivity index (χ4n) is 2.72. The molecular formula is C14H28N2. The Labute approximate surface area is 101 Å². The first kappa shape index (κ1) is 13.7. The number of hydrogen-bond donors (Lipinski definition) is 2. The Hall–Kier alpha value is -0.340. The summed E-state index contributed by atoms with van der Waals surface area (Å²) in [5.74, 6) is 0.736. The third-order valence-electron chi connectivity index (χ3n) is 3.90. The molecule has 0 unspecified atom stereocenters. The molecule has 16 heavy (non-hydrogen) atoms. The van der Waals surface area contributed by atoms with E-state index in [1.54, 1.807) is 0 Å². The molecule has 0 bridgehead atoms. The molecule has 0 aromatic rings. The van der Waals surface area contributed by atoms with Crippen LogP contribution >= 0.6 is 0 Å². The summed E-state index contributed by atoms with van der Waals surface area (Å²) in [6.45, 7) is 13.4. The van der Waals surface area contributed by atoms with Gasteiger partial charge in [0, 0.05) is 11.6 Å². The summed E-state index contributed by atoms with van der Waals surface area (Å²) in [4.78, 5) is 0. The largest absolute Gasteiger partial charge is 0.312 e. The van der Waals surface area contributed by atoms with Crippen molar-refractivity contribution >= 4 is 0 Å². The predicted molar refractivity (Wildman–Crippen MR) is 71.7 cm³/mol. The lowest BCUT2D eigenvalue weighted by Crippen LogP contribution is -2.49. The van der Waals surface area contributed by atoms with Gasteiger partial charge >= 0.3 is 0 Å². The standard InChI is InChI=1S/C14H28N2/c1-6-15-13-10-12(9-8-11(13)3)14(4,5)16-7-2/h8,12-13,15-16H,6-7,9-10H2,1-5H3/t12-,13-/m0/s1. The van der Waals surface area contributed by atoms with Crippen LogP contribution in [-0.2, 0) is 0 Å². The van der Waals surface area contributed by atoms with Crippen LogP contribution in [0.25, 0.3) is 0 Å². The van der Waals surface area contributed by atoms with E-state index in [0.717, 1.165) is 19.0 Å². The Morgan fingerprint density at radius 3 is 2.56 bits per heavy atom. The van der Waals surface area contributed by atoms with E-state index in [2.05, 4.69) is 51.3 Å². The lowest BCUT2D eigenvalue weighted by atomic mass is 9.75. The maximum absolute atomic E-state index is 3.61. The van der Waals surface area contributed by atoms with Crippen molar-refractivity contribution in [1.82, 2.24) is 10.6 Å². The van der Waals surface area contributed by atoms with Crippen LogP contribution in [0.2, 0.25) is 0 Å². The molecule has 0 heterocycles. The normalized spacial score (nSPS) is 26.7. The van der Waals surface area contributed by atoms with Crippen LogP contribution in [-0.4, -0.2) is 24.7 Å². The molecular weight excluding hydrogens is 196 g/mol. The molecule has 0 saturated heterocycles. The smallest absolute Gasteiger partial charge is 0.0280 e. The van der Waals surface area contributed by atoms with Gasteiger partial charge in [0.1, 0.15) is 0 Å². The number of nitrogens with one attached hydrogen (secondary N) is 2. The molecule has 0 amide bonds. The fourth-order valence-corrected chi connectivity index (χ4v) is 2.72. The SMILES string of the molecule is CCN[C@H]1C[C@@H](C(C)(C)NCC)CC=C1C. The number of rotatable bonds is 5. The molecule has 0 aliphatic heterocycles. The van der Waals surface area contributed by atoms with Crippen LogP contribution in [0.15, 0.2) is 11.6 Å². The van der Waals surface area contributed by atoms with E-state index in [1.807, 2.05) is 0 Å². The van der Waals surface area contributed by atoms with Gasteiger partial charge in [-0.05, 0) is 52.6 Å². The minimum Gasteiger partial charge on any atom is -0.312 e. The quantitative estimate of drug-likeness (QED) is 0.702. The molecule has 0 radical (unpaired) electrons. The molecule has 2 nitrogen and oxygen atoms in total. The molecule has 0 spiro atoms. The Balaban J connectivity index is 2.65. The van der Waals surface area contributed by atoms with Crippen LogP contribution in [0.5, 0.6) is 0 Å². The van der Waals surface area contributed by atoms with Gasteiger partial charge in [-0.2, -0.15) is 0 Å². The number of allylic oxidation sites excluding steroid dienone is 1. The Morgan fingerprint density at radius 1 is 1.31 bits per heavy atom. The van der Waals surface area contributed by atoms with Gasteiger partial charge in [0.25, 0.3) is 0 Å². The molecule has 1 aliphatic carbocycles. The van der Waals surface area contributed by atoms with E-state index < -0.39 is 0 Å². The monoisotopic (exact) mass is 224 g/mol. The Kier molecular flexibility index (Phi) is 5.00. The van der Waals surface area contributed by atoms with Gasteiger partial charge in [0.15, 0.2) is 0 Å². The zero-order chi connectivity index (χ0) is 12.2. The molecule has 0 aromatic heterocycles. The van der Waals surface area contributed by atoms with Crippen molar-refractivity contribution in [2.75, 3.05) is 13.1 Å². The number of likely N-dealkylation sites (N-methyl/N-ethyl adjacent to an activating group) is 1.